The molecule has 1 aliphatic heterocycles. The Kier molecular flexibility index (Phi) is 5.34. The Morgan fingerprint density at radius 2 is 1.47 bits per heavy atom. The fourth-order valence-corrected chi connectivity index (χ4v) is 10.3. The summed E-state index contributed by atoms with van der Waals surface area (Å²) in [5.41, 5.74) is 6.00. The maximum Gasteiger partial charge on any atom is 0.145 e. The fraction of sp³-hybridized carbons (Fsp3) is 0.0500. The van der Waals surface area contributed by atoms with E-state index in [1.54, 1.807) is 0 Å². The normalized spacial score (nSPS) is 13.9. The molecule has 0 atom stereocenters. The molecule has 0 radical (unpaired) electrons. The number of para-hydroxylation sites is 2. The van der Waals surface area contributed by atoms with E-state index in [1.807, 2.05) is 42.9 Å². The molecule has 1 aliphatic rings. The number of rotatable bonds is 3. The van der Waals surface area contributed by atoms with Gasteiger partial charge in [0.05, 0.1) is 11.2 Å². The van der Waals surface area contributed by atoms with Gasteiger partial charge in [0.25, 0.3) is 0 Å². The van der Waals surface area contributed by atoms with Gasteiger partial charge in [0.1, 0.15) is 42.2 Å². The summed E-state index contributed by atoms with van der Waals surface area (Å²) in [6.07, 6.45) is 5.76. The van der Waals surface area contributed by atoms with Crippen LogP contribution in [0.1, 0.15) is 0 Å². The van der Waals surface area contributed by atoms with Crippen molar-refractivity contribution in [2.24, 2.45) is 0 Å². The summed E-state index contributed by atoms with van der Waals surface area (Å²) in [5.74, 6) is 2.48. The average molecular weight is 625 g/mol. The molecular weight excluding hydrogens is 597 g/mol. The molecule has 0 saturated carbocycles. The number of hydrogen-bond donors (Lipinski definition) is 0. The van der Waals surface area contributed by atoms with Crippen molar-refractivity contribution < 1.29 is 9.15 Å². The lowest BCUT2D eigenvalue weighted by Gasteiger charge is -2.39. The highest BCUT2D eigenvalue weighted by Gasteiger charge is 2.40. The SMILES string of the molecule is C[Si]1(C)c2cc3oc4ccccc4c3cc2N(c2cccc(Oc3ccc4c5ccccc5n5ccnc5c4c3)c2)c2ncccc21. The van der Waals surface area contributed by atoms with Crippen LogP contribution in [0.4, 0.5) is 17.2 Å². The van der Waals surface area contributed by atoms with Crippen molar-refractivity contribution >= 4 is 84.9 Å². The molecule has 4 aromatic heterocycles. The lowest BCUT2D eigenvalue weighted by atomic mass is 10.1. The van der Waals surface area contributed by atoms with Crippen LogP contribution in [-0.2, 0) is 0 Å². The van der Waals surface area contributed by atoms with Gasteiger partial charge in [-0.25, -0.2) is 9.97 Å². The van der Waals surface area contributed by atoms with Crippen LogP contribution in [0, 0.1) is 0 Å². The number of fused-ring (bicyclic) bond motifs is 11. The Labute approximate surface area is 271 Å². The summed E-state index contributed by atoms with van der Waals surface area (Å²) >= 11 is 0. The topological polar surface area (TPSA) is 55.8 Å². The Morgan fingerprint density at radius 3 is 2.40 bits per heavy atom. The highest BCUT2D eigenvalue weighted by atomic mass is 28.3. The van der Waals surface area contributed by atoms with E-state index in [1.165, 1.54) is 15.8 Å². The molecule has 5 aromatic carbocycles. The first-order chi connectivity index (χ1) is 23.0. The molecule has 0 fully saturated rings. The number of anilines is 3. The van der Waals surface area contributed by atoms with Crippen LogP contribution in [0.25, 0.3) is 49.3 Å². The van der Waals surface area contributed by atoms with Crippen LogP contribution in [0.15, 0.2) is 138 Å². The highest BCUT2D eigenvalue weighted by molar-refractivity contribution is 7.02. The summed E-state index contributed by atoms with van der Waals surface area (Å²) in [6, 6.07) is 40.1. The molecule has 0 spiro atoms. The van der Waals surface area contributed by atoms with Crippen molar-refractivity contribution in [3.05, 3.63) is 134 Å². The van der Waals surface area contributed by atoms with Gasteiger partial charge in [-0.15, -0.1) is 0 Å². The summed E-state index contributed by atoms with van der Waals surface area (Å²) in [5, 5.41) is 8.22. The Bertz CT molecular complexity index is 2730. The van der Waals surface area contributed by atoms with Crippen LogP contribution in [0.3, 0.4) is 0 Å². The molecule has 10 rings (SSSR count). The van der Waals surface area contributed by atoms with E-state index in [0.29, 0.717) is 0 Å². The van der Waals surface area contributed by atoms with Gasteiger partial charge in [0, 0.05) is 51.9 Å². The van der Waals surface area contributed by atoms with E-state index in [2.05, 4.69) is 113 Å². The molecule has 6 nitrogen and oxygen atoms in total. The second-order valence-electron chi connectivity index (χ2n) is 12.7. The summed E-state index contributed by atoms with van der Waals surface area (Å²) in [7, 11) is -2.11. The largest absolute Gasteiger partial charge is 0.457 e. The van der Waals surface area contributed by atoms with Crippen molar-refractivity contribution in [1.29, 1.82) is 0 Å². The van der Waals surface area contributed by atoms with Crippen LogP contribution >= 0.6 is 0 Å². The van der Waals surface area contributed by atoms with E-state index in [-0.39, 0.29) is 0 Å². The maximum atomic E-state index is 6.60. The van der Waals surface area contributed by atoms with Crippen LogP contribution in [-0.4, -0.2) is 22.4 Å². The Balaban J connectivity index is 1.12. The number of furan rings is 1. The highest BCUT2D eigenvalue weighted by Crippen LogP contribution is 2.42. The predicted molar refractivity (Wildman–Crippen MR) is 193 cm³/mol. The molecule has 0 bridgehead atoms. The van der Waals surface area contributed by atoms with Crippen molar-refractivity contribution in [1.82, 2.24) is 14.4 Å². The summed E-state index contributed by atoms with van der Waals surface area (Å²) in [4.78, 5) is 12.0. The van der Waals surface area contributed by atoms with E-state index in [4.69, 9.17) is 19.1 Å². The smallest absolute Gasteiger partial charge is 0.145 e. The minimum atomic E-state index is -2.11. The van der Waals surface area contributed by atoms with Gasteiger partial charge in [0.15, 0.2) is 0 Å². The van der Waals surface area contributed by atoms with Gasteiger partial charge in [-0.3, -0.25) is 9.30 Å². The number of imidazole rings is 1. The monoisotopic (exact) mass is 624 g/mol. The molecule has 47 heavy (non-hydrogen) atoms. The van der Waals surface area contributed by atoms with Gasteiger partial charge in [-0.2, -0.15) is 0 Å². The van der Waals surface area contributed by atoms with E-state index in [9.17, 15) is 0 Å². The Hall–Kier alpha value is -5.92. The molecule has 0 amide bonds. The second-order valence-corrected chi connectivity index (χ2v) is 17.1. The average Bonchev–Trinajstić information content (AvgIpc) is 3.74. The zero-order valence-electron chi connectivity index (χ0n) is 25.8. The molecule has 0 saturated heterocycles. The second kappa shape index (κ2) is 9.54. The molecule has 9 aromatic rings. The van der Waals surface area contributed by atoms with Gasteiger partial charge in [0.2, 0.25) is 0 Å². The predicted octanol–water partition coefficient (Wildman–Crippen LogP) is 9.33. The van der Waals surface area contributed by atoms with Crippen LogP contribution in [0.5, 0.6) is 11.5 Å². The van der Waals surface area contributed by atoms with Gasteiger partial charge in [-0.1, -0.05) is 61.6 Å². The lowest BCUT2D eigenvalue weighted by molar-refractivity contribution is 0.483. The summed E-state index contributed by atoms with van der Waals surface area (Å²) < 4.78 is 15.1. The number of nitrogens with zero attached hydrogens (tertiary/aromatic N) is 4. The van der Waals surface area contributed by atoms with Crippen molar-refractivity contribution in [2.75, 3.05) is 4.90 Å². The quantitative estimate of drug-likeness (QED) is 0.145. The first kappa shape index (κ1) is 26.3. The molecular formula is C40H28N4O2Si. The van der Waals surface area contributed by atoms with Crippen molar-refractivity contribution in [2.45, 2.75) is 13.1 Å². The number of pyridine rings is 2. The van der Waals surface area contributed by atoms with Gasteiger partial charge < -0.3 is 9.15 Å². The third kappa shape index (κ3) is 3.77. The molecule has 0 N–H and O–H groups in total. The van der Waals surface area contributed by atoms with E-state index < -0.39 is 8.07 Å². The zero-order chi connectivity index (χ0) is 31.3. The molecule has 224 valence electrons. The van der Waals surface area contributed by atoms with Crippen LogP contribution < -0.4 is 20.0 Å². The zero-order valence-corrected chi connectivity index (χ0v) is 26.8. The standard InChI is InChI=1S/C40H28N4O2Si/c1-47(2)37-15-8-18-41-40(37)44(34-23-31-30-12-4-6-14-35(30)46-36(31)24-38(34)47)25-9-7-10-26(21-25)45-27-16-17-28-29-11-3-5-13-33(29)43-20-19-42-39(43)32(28)22-27/h3-24H,1-2H3. The lowest BCUT2D eigenvalue weighted by Crippen LogP contribution is -2.58. The van der Waals surface area contributed by atoms with E-state index in [0.717, 1.165) is 72.6 Å². The fourth-order valence-electron chi connectivity index (χ4n) is 7.47. The first-order valence-electron chi connectivity index (χ1n) is 15.8. The molecule has 0 aliphatic carbocycles. The maximum absolute atomic E-state index is 6.60. The minimum Gasteiger partial charge on any atom is -0.457 e. The third-order valence-electron chi connectivity index (χ3n) is 9.72. The molecule has 0 unspecified atom stereocenters. The molecule has 5 heterocycles. The molecule has 7 heteroatoms. The number of hydrogen-bond acceptors (Lipinski definition) is 5. The Morgan fingerprint density at radius 1 is 0.617 bits per heavy atom. The van der Waals surface area contributed by atoms with Crippen molar-refractivity contribution in [3.8, 4) is 11.5 Å². The number of ether oxygens (including phenoxy) is 1. The summed E-state index contributed by atoms with van der Waals surface area (Å²) in [6.45, 7) is 4.80. The minimum absolute atomic E-state index is 0.748. The third-order valence-corrected chi connectivity index (χ3v) is 13.2. The van der Waals surface area contributed by atoms with E-state index >= 15 is 0 Å². The first-order valence-corrected chi connectivity index (χ1v) is 18.8. The van der Waals surface area contributed by atoms with Gasteiger partial charge >= 0.3 is 0 Å². The number of benzene rings is 5. The van der Waals surface area contributed by atoms with Crippen molar-refractivity contribution in [3.63, 3.8) is 0 Å². The number of aromatic nitrogens is 3. The van der Waals surface area contributed by atoms with Gasteiger partial charge in [-0.05, 0) is 76.4 Å². The van der Waals surface area contributed by atoms with Crippen LogP contribution in [0.2, 0.25) is 13.1 Å².